The highest BCUT2D eigenvalue weighted by atomic mass is 16.5. The van der Waals surface area contributed by atoms with Gasteiger partial charge in [-0.2, -0.15) is 0 Å². The first-order chi connectivity index (χ1) is 8.29. The van der Waals surface area contributed by atoms with Gasteiger partial charge in [-0.3, -0.25) is 0 Å². The average molecular weight is 233 g/mol. The molecule has 2 rings (SSSR count). The Morgan fingerprint density at radius 3 is 2.88 bits per heavy atom. The maximum atomic E-state index is 6.02. The van der Waals surface area contributed by atoms with Gasteiger partial charge in [0.1, 0.15) is 5.75 Å². The lowest BCUT2D eigenvalue weighted by molar-refractivity contribution is 0.222. The lowest BCUT2D eigenvalue weighted by Crippen LogP contribution is -2.14. The van der Waals surface area contributed by atoms with Crippen molar-refractivity contribution in [2.75, 3.05) is 6.61 Å². The second kappa shape index (κ2) is 6.06. The minimum Gasteiger partial charge on any atom is -0.494 e. The van der Waals surface area contributed by atoms with Gasteiger partial charge in [0.05, 0.1) is 6.61 Å². The van der Waals surface area contributed by atoms with Crippen LogP contribution in [0, 0.1) is 5.92 Å². The van der Waals surface area contributed by atoms with E-state index < -0.39 is 0 Å². The Kier molecular flexibility index (Phi) is 4.43. The van der Waals surface area contributed by atoms with Gasteiger partial charge in [-0.25, -0.2) is 0 Å². The van der Waals surface area contributed by atoms with Crippen molar-refractivity contribution < 1.29 is 4.74 Å². The number of ether oxygens (including phenoxy) is 1. The van der Waals surface area contributed by atoms with Crippen LogP contribution in [0.3, 0.4) is 0 Å². The largest absolute Gasteiger partial charge is 0.494 e. The monoisotopic (exact) mass is 233 g/mol. The molecule has 0 radical (unpaired) electrons. The summed E-state index contributed by atoms with van der Waals surface area (Å²) in [4.78, 5) is 0. The smallest absolute Gasteiger partial charge is 0.119 e. The van der Waals surface area contributed by atoms with Gasteiger partial charge in [0.2, 0.25) is 0 Å². The molecule has 94 valence electrons. The van der Waals surface area contributed by atoms with Crippen LogP contribution >= 0.6 is 0 Å². The van der Waals surface area contributed by atoms with E-state index in [2.05, 4.69) is 19.1 Å². The van der Waals surface area contributed by atoms with Gasteiger partial charge in [-0.15, -0.1) is 0 Å². The van der Waals surface area contributed by atoms with Gasteiger partial charge >= 0.3 is 0 Å². The Bertz CT molecular complexity index is 347. The summed E-state index contributed by atoms with van der Waals surface area (Å²) in [5, 5.41) is 0. The fourth-order valence-corrected chi connectivity index (χ4v) is 2.20. The van der Waals surface area contributed by atoms with Crippen molar-refractivity contribution in [1.82, 2.24) is 0 Å². The molecular formula is C15H23NO. The van der Waals surface area contributed by atoms with E-state index in [1.54, 1.807) is 0 Å². The zero-order valence-electron chi connectivity index (χ0n) is 10.7. The van der Waals surface area contributed by atoms with Crippen molar-refractivity contribution in [3.63, 3.8) is 0 Å². The first-order valence-electron chi connectivity index (χ1n) is 6.78. The number of nitrogens with two attached hydrogens (primary N) is 1. The SMILES string of the molecule is CCC(N)c1cccc(OCCC2CCC2)c1. The van der Waals surface area contributed by atoms with Gasteiger partial charge in [-0.05, 0) is 36.5 Å². The predicted octanol–water partition coefficient (Wildman–Crippen LogP) is 3.67. The molecule has 2 heteroatoms. The molecule has 17 heavy (non-hydrogen) atoms. The summed E-state index contributed by atoms with van der Waals surface area (Å²) >= 11 is 0. The topological polar surface area (TPSA) is 35.2 Å². The van der Waals surface area contributed by atoms with Crippen molar-refractivity contribution in [1.29, 1.82) is 0 Å². The number of hydrogen-bond donors (Lipinski definition) is 1. The van der Waals surface area contributed by atoms with Gasteiger partial charge in [0, 0.05) is 6.04 Å². The Hall–Kier alpha value is -1.02. The van der Waals surface area contributed by atoms with Crippen molar-refractivity contribution in [3.05, 3.63) is 29.8 Å². The lowest BCUT2D eigenvalue weighted by atomic mass is 9.83. The fraction of sp³-hybridized carbons (Fsp3) is 0.600. The summed E-state index contributed by atoms with van der Waals surface area (Å²) in [6.07, 6.45) is 6.36. The predicted molar refractivity (Wildman–Crippen MR) is 71.1 cm³/mol. The summed E-state index contributed by atoms with van der Waals surface area (Å²) < 4.78 is 5.79. The van der Waals surface area contributed by atoms with Crippen LogP contribution in [0.4, 0.5) is 0 Å². The average Bonchev–Trinajstić information content (AvgIpc) is 2.32. The molecule has 0 saturated heterocycles. The van der Waals surface area contributed by atoms with E-state index in [4.69, 9.17) is 10.5 Å². The first-order valence-corrected chi connectivity index (χ1v) is 6.78. The Labute approximate surface area is 104 Å². The third-order valence-corrected chi connectivity index (χ3v) is 3.75. The molecular weight excluding hydrogens is 210 g/mol. The zero-order valence-corrected chi connectivity index (χ0v) is 10.7. The highest BCUT2D eigenvalue weighted by Gasteiger charge is 2.16. The van der Waals surface area contributed by atoms with Gasteiger partial charge < -0.3 is 10.5 Å². The minimum atomic E-state index is 0.130. The quantitative estimate of drug-likeness (QED) is 0.813. The molecule has 1 atom stereocenters. The second-order valence-electron chi connectivity index (χ2n) is 5.02. The van der Waals surface area contributed by atoms with Crippen LogP contribution in [0.1, 0.15) is 50.6 Å². The van der Waals surface area contributed by atoms with Crippen LogP contribution in [-0.2, 0) is 0 Å². The zero-order chi connectivity index (χ0) is 12.1. The number of hydrogen-bond acceptors (Lipinski definition) is 2. The van der Waals surface area contributed by atoms with Crippen LogP contribution in [-0.4, -0.2) is 6.61 Å². The molecule has 0 spiro atoms. The van der Waals surface area contributed by atoms with Crippen LogP contribution < -0.4 is 10.5 Å². The lowest BCUT2D eigenvalue weighted by Gasteiger charge is -2.25. The molecule has 1 fully saturated rings. The van der Waals surface area contributed by atoms with E-state index in [-0.39, 0.29) is 6.04 Å². The fourth-order valence-electron chi connectivity index (χ4n) is 2.20. The highest BCUT2D eigenvalue weighted by Crippen LogP contribution is 2.29. The van der Waals surface area contributed by atoms with E-state index >= 15 is 0 Å². The van der Waals surface area contributed by atoms with E-state index in [1.165, 1.54) is 31.2 Å². The van der Waals surface area contributed by atoms with Gasteiger partial charge in [-0.1, -0.05) is 38.3 Å². The standard InChI is InChI=1S/C15H23NO/c1-2-15(16)13-7-4-8-14(11-13)17-10-9-12-5-3-6-12/h4,7-8,11-12,15H,2-3,5-6,9-10,16H2,1H3. The third-order valence-electron chi connectivity index (χ3n) is 3.75. The molecule has 0 aromatic heterocycles. The summed E-state index contributed by atoms with van der Waals surface area (Å²) in [7, 11) is 0. The van der Waals surface area contributed by atoms with Crippen molar-refractivity contribution in [2.24, 2.45) is 11.7 Å². The highest BCUT2D eigenvalue weighted by molar-refractivity contribution is 5.30. The maximum Gasteiger partial charge on any atom is 0.119 e. The molecule has 1 aromatic carbocycles. The molecule has 0 aliphatic heterocycles. The van der Waals surface area contributed by atoms with E-state index in [0.29, 0.717) is 0 Å². The van der Waals surface area contributed by atoms with Crippen LogP contribution in [0.2, 0.25) is 0 Å². The number of rotatable bonds is 6. The van der Waals surface area contributed by atoms with Crippen molar-refractivity contribution in [2.45, 2.75) is 45.1 Å². The van der Waals surface area contributed by atoms with E-state index in [1.807, 2.05) is 12.1 Å². The Morgan fingerprint density at radius 1 is 1.41 bits per heavy atom. The first kappa shape index (κ1) is 12.4. The third kappa shape index (κ3) is 3.47. The van der Waals surface area contributed by atoms with Crippen molar-refractivity contribution in [3.8, 4) is 5.75 Å². The molecule has 1 saturated carbocycles. The summed E-state index contributed by atoms with van der Waals surface area (Å²) in [6.45, 7) is 2.95. The normalized spacial score (nSPS) is 17.5. The molecule has 0 heterocycles. The molecule has 0 bridgehead atoms. The minimum absolute atomic E-state index is 0.130. The summed E-state index contributed by atoms with van der Waals surface area (Å²) in [5.74, 6) is 1.88. The molecule has 2 N–H and O–H groups in total. The summed E-state index contributed by atoms with van der Waals surface area (Å²) in [6, 6.07) is 8.34. The molecule has 1 aliphatic carbocycles. The molecule has 1 aromatic rings. The Balaban J connectivity index is 1.82. The molecule has 1 aliphatic rings. The van der Waals surface area contributed by atoms with Crippen LogP contribution in [0.25, 0.3) is 0 Å². The van der Waals surface area contributed by atoms with E-state index in [9.17, 15) is 0 Å². The van der Waals surface area contributed by atoms with Crippen LogP contribution in [0.15, 0.2) is 24.3 Å². The molecule has 0 amide bonds. The second-order valence-corrected chi connectivity index (χ2v) is 5.02. The summed E-state index contributed by atoms with van der Waals surface area (Å²) in [5.41, 5.74) is 7.19. The Morgan fingerprint density at radius 2 is 2.24 bits per heavy atom. The van der Waals surface area contributed by atoms with E-state index in [0.717, 1.165) is 24.7 Å². The molecule has 1 unspecified atom stereocenters. The van der Waals surface area contributed by atoms with Crippen LogP contribution in [0.5, 0.6) is 5.75 Å². The van der Waals surface area contributed by atoms with Gasteiger partial charge in [0.25, 0.3) is 0 Å². The maximum absolute atomic E-state index is 6.02. The molecule has 2 nitrogen and oxygen atoms in total. The number of benzene rings is 1. The van der Waals surface area contributed by atoms with Crippen molar-refractivity contribution >= 4 is 0 Å². The van der Waals surface area contributed by atoms with Gasteiger partial charge in [0.15, 0.2) is 0 Å².